The maximum Gasteiger partial charge on any atom is 0.316 e. The van der Waals surface area contributed by atoms with Crippen LogP contribution in [0.25, 0.3) is 11.0 Å². The van der Waals surface area contributed by atoms with Gasteiger partial charge in [-0.1, -0.05) is 25.4 Å². The third-order valence-corrected chi connectivity index (χ3v) is 3.71. The van der Waals surface area contributed by atoms with E-state index in [-0.39, 0.29) is 11.9 Å². The van der Waals surface area contributed by atoms with Gasteiger partial charge in [0.05, 0.1) is 17.6 Å². The van der Waals surface area contributed by atoms with Gasteiger partial charge >= 0.3 is 5.97 Å². The van der Waals surface area contributed by atoms with E-state index in [1.54, 1.807) is 0 Å². The number of carbonyl (C=O) groups is 1. The van der Waals surface area contributed by atoms with Crippen LogP contribution >= 0.6 is 11.6 Å². The van der Waals surface area contributed by atoms with E-state index in [4.69, 9.17) is 16.3 Å². The zero-order valence-corrected chi connectivity index (χ0v) is 13.5. The third kappa shape index (κ3) is 3.21. The molecule has 114 valence electrons. The second-order valence-electron chi connectivity index (χ2n) is 4.97. The average Bonchev–Trinajstić information content (AvgIpc) is 2.78. The van der Waals surface area contributed by atoms with E-state index < -0.39 is 0 Å². The summed E-state index contributed by atoms with van der Waals surface area (Å²) in [5.74, 6) is 0.233. The second kappa shape index (κ2) is 6.94. The first kappa shape index (κ1) is 15.8. The van der Waals surface area contributed by atoms with Gasteiger partial charge in [-0.25, -0.2) is 4.98 Å². The van der Waals surface area contributed by atoms with Gasteiger partial charge in [-0.15, -0.1) is 0 Å². The largest absolute Gasteiger partial charge is 0.465 e. The molecule has 0 saturated carbocycles. The number of ether oxygens (including phenoxy) is 1. The molecular formula is C16H21ClN2O2. The molecule has 1 heterocycles. The van der Waals surface area contributed by atoms with Crippen LogP contribution in [0, 0.1) is 0 Å². The molecule has 1 atom stereocenters. The maximum atomic E-state index is 12.2. The molecule has 0 fully saturated rings. The summed E-state index contributed by atoms with van der Waals surface area (Å²) in [6.07, 6.45) is 1.64. The van der Waals surface area contributed by atoms with Gasteiger partial charge in [0.1, 0.15) is 11.7 Å². The highest BCUT2D eigenvalue weighted by Crippen LogP contribution is 2.27. The predicted molar refractivity (Wildman–Crippen MR) is 84.7 cm³/mol. The average molecular weight is 309 g/mol. The van der Waals surface area contributed by atoms with Crippen molar-refractivity contribution in [1.82, 2.24) is 9.55 Å². The summed E-state index contributed by atoms with van der Waals surface area (Å²) in [7, 11) is 0. The molecule has 1 aromatic heterocycles. The molecule has 0 aliphatic carbocycles. The fourth-order valence-corrected chi connectivity index (χ4v) is 2.71. The van der Waals surface area contributed by atoms with Crippen molar-refractivity contribution >= 4 is 28.6 Å². The fraction of sp³-hybridized carbons (Fsp3) is 0.500. The van der Waals surface area contributed by atoms with Crippen molar-refractivity contribution in [2.75, 3.05) is 6.61 Å². The van der Waals surface area contributed by atoms with Crippen LogP contribution in [0.1, 0.15) is 45.4 Å². The number of hydrogen-bond acceptors (Lipinski definition) is 3. The van der Waals surface area contributed by atoms with Gasteiger partial charge < -0.3 is 9.30 Å². The lowest BCUT2D eigenvalue weighted by Gasteiger charge is -2.15. The highest BCUT2D eigenvalue weighted by Gasteiger charge is 2.26. The lowest BCUT2D eigenvalue weighted by atomic mass is 10.1. The van der Waals surface area contributed by atoms with E-state index in [0.29, 0.717) is 18.1 Å². The first-order chi connectivity index (χ1) is 10.1. The number of aryl methyl sites for hydroxylation is 1. The fourth-order valence-electron chi connectivity index (χ4n) is 2.54. The topological polar surface area (TPSA) is 44.1 Å². The number of imidazole rings is 1. The molecular weight excluding hydrogens is 288 g/mol. The Morgan fingerprint density at radius 3 is 2.76 bits per heavy atom. The van der Waals surface area contributed by atoms with Gasteiger partial charge in [0.2, 0.25) is 0 Å². The normalized spacial score (nSPS) is 12.6. The van der Waals surface area contributed by atoms with E-state index in [9.17, 15) is 4.79 Å². The molecule has 0 aliphatic heterocycles. The van der Waals surface area contributed by atoms with Crippen LogP contribution in [0.5, 0.6) is 0 Å². The molecule has 4 nitrogen and oxygen atoms in total. The van der Waals surface area contributed by atoms with Gasteiger partial charge in [0.15, 0.2) is 0 Å². The Hall–Kier alpha value is -1.55. The van der Waals surface area contributed by atoms with Crippen molar-refractivity contribution < 1.29 is 9.53 Å². The minimum absolute atomic E-state index is 0.209. The Balaban J connectivity index is 2.54. The molecule has 0 N–H and O–H groups in total. The minimum Gasteiger partial charge on any atom is -0.465 e. The Kier molecular flexibility index (Phi) is 5.23. The minimum atomic E-state index is -0.331. The van der Waals surface area contributed by atoms with Gasteiger partial charge in [-0.3, -0.25) is 4.79 Å². The van der Waals surface area contributed by atoms with Crippen molar-refractivity contribution in [3.05, 3.63) is 29.0 Å². The van der Waals surface area contributed by atoms with Crippen molar-refractivity contribution in [3.63, 3.8) is 0 Å². The van der Waals surface area contributed by atoms with E-state index in [0.717, 1.165) is 29.8 Å². The number of fused-ring (bicyclic) bond motifs is 1. The summed E-state index contributed by atoms with van der Waals surface area (Å²) >= 11 is 6.04. The van der Waals surface area contributed by atoms with Gasteiger partial charge in [0, 0.05) is 11.6 Å². The standard InChI is InChI=1S/C16H21ClN2O2/c1-4-9-19-14-8-7-11(17)10-13(14)18-15(19)12(5-2)16(20)21-6-3/h7-8,10,12H,4-6,9H2,1-3H3. The van der Waals surface area contributed by atoms with Crippen molar-refractivity contribution in [1.29, 1.82) is 0 Å². The first-order valence-corrected chi connectivity index (χ1v) is 7.82. The number of benzene rings is 1. The Labute approximate surface area is 130 Å². The number of nitrogens with zero attached hydrogens (tertiary/aromatic N) is 2. The molecule has 0 saturated heterocycles. The zero-order valence-electron chi connectivity index (χ0n) is 12.7. The predicted octanol–water partition coefficient (Wildman–Crippen LogP) is 4.16. The summed E-state index contributed by atoms with van der Waals surface area (Å²) in [5.41, 5.74) is 1.84. The number of aromatic nitrogens is 2. The summed E-state index contributed by atoms with van der Waals surface area (Å²) in [5, 5.41) is 0.652. The van der Waals surface area contributed by atoms with Crippen LogP contribution in [0.15, 0.2) is 18.2 Å². The summed E-state index contributed by atoms with van der Waals surface area (Å²) in [6.45, 7) is 7.11. The van der Waals surface area contributed by atoms with Crippen LogP contribution < -0.4 is 0 Å². The summed E-state index contributed by atoms with van der Waals surface area (Å²) in [4.78, 5) is 16.8. The van der Waals surface area contributed by atoms with Crippen molar-refractivity contribution in [2.45, 2.75) is 46.1 Å². The lowest BCUT2D eigenvalue weighted by molar-refractivity contribution is -0.145. The first-order valence-electron chi connectivity index (χ1n) is 7.44. The van der Waals surface area contributed by atoms with Crippen LogP contribution in [0.3, 0.4) is 0 Å². The van der Waals surface area contributed by atoms with E-state index in [1.807, 2.05) is 32.0 Å². The molecule has 0 radical (unpaired) electrons. The quantitative estimate of drug-likeness (QED) is 0.753. The Morgan fingerprint density at radius 1 is 1.38 bits per heavy atom. The molecule has 1 aromatic carbocycles. The van der Waals surface area contributed by atoms with Crippen LogP contribution in [0.4, 0.5) is 0 Å². The van der Waals surface area contributed by atoms with Crippen molar-refractivity contribution in [2.24, 2.45) is 0 Å². The molecule has 1 unspecified atom stereocenters. The van der Waals surface area contributed by atoms with Crippen LogP contribution in [0.2, 0.25) is 5.02 Å². The number of hydrogen-bond donors (Lipinski definition) is 0. The molecule has 21 heavy (non-hydrogen) atoms. The van der Waals surface area contributed by atoms with Crippen molar-refractivity contribution in [3.8, 4) is 0 Å². The van der Waals surface area contributed by atoms with E-state index in [2.05, 4.69) is 16.5 Å². The number of halogens is 1. The molecule has 5 heteroatoms. The Bertz CT molecular complexity index is 636. The van der Waals surface area contributed by atoms with Gasteiger partial charge in [0.25, 0.3) is 0 Å². The van der Waals surface area contributed by atoms with Crippen LogP contribution in [-0.4, -0.2) is 22.1 Å². The SMILES string of the molecule is CCCn1c(C(CC)C(=O)OCC)nc2cc(Cl)ccc21. The summed E-state index contributed by atoms with van der Waals surface area (Å²) < 4.78 is 7.29. The van der Waals surface area contributed by atoms with E-state index >= 15 is 0 Å². The number of carbonyl (C=O) groups excluding carboxylic acids is 1. The van der Waals surface area contributed by atoms with Gasteiger partial charge in [-0.05, 0) is 38.0 Å². The van der Waals surface area contributed by atoms with Crippen LogP contribution in [-0.2, 0) is 16.1 Å². The van der Waals surface area contributed by atoms with Gasteiger partial charge in [-0.2, -0.15) is 0 Å². The lowest BCUT2D eigenvalue weighted by Crippen LogP contribution is -2.19. The highest BCUT2D eigenvalue weighted by molar-refractivity contribution is 6.31. The van der Waals surface area contributed by atoms with E-state index in [1.165, 1.54) is 0 Å². The molecule has 0 bridgehead atoms. The molecule has 0 aliphatic rings. The number of rotatable bonds is 6. The highest BCUT2D eigenvalue weighted by atomic mass is 35.5. The monoisotopic (exact) mass is 308 g/mol. The molecule has 0 spiro atoms. The Morgan fingerprint density at radius 2 is 2.14 bits per heavy atom. The zero-order chi connectivity index (χ0) is 15.4. The number of esters is 1. The molecule has 2 aromatic rings. The molecule has 2 rings (SSSR count). The summed E-state index contributed by atoms with van der Waals surface area (Å²) in [6, 6.07) is 5.65. The molecule has 0 amide bonds. The smallest absolute Gasteiger partial charge is 0.316 e. The second-order valence-corrected chi connectivity index (χ2v) is 5.40. The maximum absolute atomic E-state index is 12.2. The third-order valence-electron chi connectivity index (χ3n) is 3.48.